The molecule has 0 N–H and O–H groups in total. The summed E-state index contributed by atoms with van der Waals surface area (Å²) in [6.45, 7) is 0. The Morgan fingerprint density at radius 1 is 0.667 bits per heavy atom. The van der Waals surface area contributed by atoms with Gasteiger partial charge in [-0.15, -0.1) is 0 Å². The Bertz CT molecular complexity index is 380. The molecule has 0 unspecified atom stereocenters. The second-order valence-electron chi connectivity index (χ2n) is 2.71. The van der Waals surface area contributed by atoms with E-state index in [0.717, 1.165) is 16.6 Å². The highest BCUT2D eigenvalue weighted by Crippen LogP contribution is 2.05. The molecule has 78 valence electrons. The number of rotatable bonds is 0. The fourth-order valence-corrected chi connectivity index (χ4v) is 1.16. The largest absolute Gasteiger partial charge is 0.204 e. The van der Waals surface area contributed by atoms with Crippen molar-refractivity contribution in [3.8, 4) is 0 Å². The van der Waals surface area contributed by atoms with Gasteiger partial charge in [-0.05, 0) is 24.3 Å². The van der Waals surface area contributed by atoms with E-state index in [-0.39, 0.29) is 0 Å². The predicted molar refractivity (Wildman–Crippen MR) is 60.5 cm³/mol. The van der Waals surface area contributed by atoms with E-state index in [0.29, 0.717) is 0 Å². The molecular formula is C12H9BrF2. The molecule has 0 saturated carbocycles. The fourth-order valence-electron chi connectivity index (χ4n) is 0.854. The zero-order valence-electron chi connectivity index (χ0n) is 7.83. The molecule has 0 aromatic heterocycles. The Hall–Kier alpha value is -1.22. The summed E-state index contributed by atoms with van der Waals surface area (Å²) >= 11 is 3.31. The maximum absolute atomic E-state index is 11.9. The molecule has 0 nitrogen and oxygen atoms in total. The van der Waals surface area contributed by atoms with Gasteiger partial charge >= 0.3 is 0 Å². The molecule has 0 aliphatic rings. The van der Waals surface area contributed by atoms with E-state index < -0.39 is 11.6 Å². The van der Waals surface area contributed by atoms with Gasteiger partial charge in [0.2, 0.25) is 0 Å². The standard InChI is InChI=1S/C6H5Br.C6H4F2/c7-6-4-2-1-3-5-6;7-5-3-1-2-4-6(5)8/h1-5H;1-4H. The topological polar surface area (TPSA) is 0 Å². The monoisotopic (exact) mass is 270 g/mol. The van der Waals surface area contributed by atoms with Crippen molar-refractivity contribution in [2.75, 3.05) is 0 Å². The first-order valence-corrected chi connectivity index (χ1v) is 5.10. The van der Waals surface area contributed by atoms with Crippen molar-refractivity contribution in [2.45, 2.75) is 0 Å². The maximum Gasteiger partial charge on any atom is 0.158 e. The van der Waals surface area contributed by atoms with E-state index in [1.54, 1.807) is 0 Å². The Balaban J connectivity index is 0.000000151. The second kappa shape index (κ2) is 6.30. The van der Waals surface area contributed by atoms with Crippen molar-refractivity contribution in [2.24, 2.45) is 0 Å². The molecule has 2 aromatic rings. The molecule has 0 heterocycles. The first kappa shape index (κ1) is 11.9. The normalized spacial score (nSPS) is 9.00. The van der Waals surface area contributed by atoms with Crippen LogP contribution in [0.25, 0.3) is 0 Å². The number of halogens is 3. The zero-order chi connectivity index (χ0) is 11.1. The quantitative estimate of drug-likeness (QED) is 0.665. The van der Waals surface area contributed by atoms with Crippen LogP contribution in [0.5, 0.6) is 0 Å². The smallest absolute Gasteiger partial charge is 0.158 e. The molecule has 0 radical (unpaired) electrons. The Morgan fingerprint density at radius 2 is 1.07 bits per heavy atom. The third-order valence-corrected chi connectivity index (χ3v) is 2.09. The fraction of sp³-hybridized carbons (Fsp3) is 0. The van der Waals surface area contributed by atoms with Crippen LogP contribution in [-0.4, -0.2) is 0 Å². The highest BCUT2D eigenvalue weighted by Gasteiger charge is 1.93. The van der Waals surface area contributed by atoms with Crippen LogP contribution in [0.3, 0.4) is 0 Å². The molecule has 3 heteroatoms. The van der Waals surface area contributed by atoms with Gasteiger partial charge in [-0.1, -0.05) is 46.3 Å². The predicted octanol–water partition coefficient (Wildman–Crippen LogP) is 4.41. The van der Waals surface area contributed by atoms with Crippen LogP contribution >= 0.6 is 15.9 Å². The molecular weight excluding hydrogens is 262 g/mol. The highest BCUT2D eigenvalue weighted by atomic mass is 79.9. The molecule has 2 aromatic carbocycles. The molecule has 15 heavy (non-hydrogen) atoms. The number of hydrogen-bond acceptors (Lipinski definition) is 0. The van der Waals surface area contributed by atoms with Crippen LogP contribution in [0.15, 0.2) is 59.1 Å². The SMILES string of the molecule is Brc1ccccc1.Fc1ccccc1F. The molecule has 0 atom stereocenters. The summed E-state index contributed by atoms with van der Waals surface area (Å²) in [7, 11) is 0. The highest BCUT2D eigenvalue weighted by molar-refractivity contribution is 9.10. The van der Waals surface area contributed by atoms with Gasteiger partial charge in [-0.3, -0.25) is 0 Å². The van der Waals surface area contributed by atoms with Crippen molar-refractivity contribution >= 4 is 15.9 Å². The average molecular weight is 271 g/mol. The molecule has 0 saturated heterocycles. The van der Waals surface area contributed by atoms with Gasteiger partial charge in [-0.2, -0.15) is 0 Å². The lowest BCUT2D eigenvalue weighted by molar-refractivity contribution is 0.508. The van der Waals surface area contributed by atoms with E-state index in [9.17, 15) is 8.78 Å². The van der Waals surface area contributed by atoms with Crippen molar-refractivity contribution in [1.29, 1.82) is 0 Å². The molecule has 0 aliphatic carbocycles. The average Bonchev–Trinajstić information content (AvgIpc) is 2.25. The van der Waals surface area contributed by atoms with E-state index in [1.807, 2.05) is 30.3 Å². The lowest BCUT2D eigenvalue weighted by Gasteiger charge is -1.85. The van der Waals surface area contributed by atoms with Crippen molar-refractivity contribution < 1.29 is 8.78 Å². The summed E-state index contributed by atoms with van der Waals surface area (Å²) < 4.78 is 25.0. The molecule has 0 amide bonds. The van der Waals surface area contributed by atoms with Crippen LogP contribution in [0.1, 0.15) is 0 Å². The van der Waals surface area contributed by atoms with Gasteiger partial charge in [0.15, 0.2) is 11.6 Å². The summed E-state index contributed by atoms with van der Waals surface area (Å²) in [5.74, 6) is -1.60. The van der Waals surface area contributed by atoms with Crippen LogP contribution in [-0.2, 0) is 0 Å². The maximum atomic E-state index is 11.9. The van der Waals surface area contributed by atoms with Crippen molar-refractivity contribution in [3.63, 3.8) is 0 Å². The summed E-state index contributed by atoms with van der Waals surface area (Å²) in [6.07, 6.45) is 0. The lowest BCUT2D eigenvalue weighted by atomic mass is 10.3. The van der Waals surface area contributed by atoms with E-state index in [2.05, 4.69) is 15.9 Å². The summed E-state index contributed by atoms with van der Waals surface area (Å²) in [4.78, 5) is 0. The molecule has 0 aliphatic heterocycles. The Kier molecular flexibility index (Phi) is 4.98. The van der Waals surface area contributed by atoms with Gasteiger partial charge < -0.3 is 0 Å². The minimum atomic E-state index is -0.799. The Morgan fingerprint density at radius 3 is 1.33 bits per heavy atom. The van der Waals surface area contributed by atoms with Gasteiger partial charge in [0.25, 0.3) is 0 Å². The van der Waals surface area contributed by atoms with Crippen molar-refractivity contribution in [3.05, 3.63) is 70.7 Å². The summed E-state index contributed by atoms with van der Waals surface area (Å²) in [5.41, 5.74) is 0. The Labute approximate surface area is 95.7 Å². The lowest BCUT2D eigenvalue weighted by Crippen LogP contribution is -1.77. The van der Waals surface area contributed by atoms with E-state index in [4.69, 9.17) is 0 Å². The van der Waals surface area contributed by atoms with Gasteiger partial charge in [0.05, 0.1) is 0 Å². The number of hydrogen-bond donors (Lipinski definition) is 0. The first-order valence-electron chi connectivity index (χ1n) is 4.30. The minimum Gasteiger partial charge on any atom is -0.204 e. The van der Waals surface area contributed by atoms with Gasteiger partial charge in [-0.25, -0.2) is 8.78 Å². The number of benzene rings is 2. The van der Waals surface area contributed by atoms with Crippen LogP contribution < -0.4 is 0 Å². The van der Waals surface area contributed by atoms with Crippen LogP contribution in [0.2, 0.25) is 0 Å². The van der Waals surface area contributed by atoms with Crippen LogP contribution in [0, 0.1) is 11.6 Å². The van der Waals surface area contributed by atoms with Gasteiger partial charge in [0, 0.05) is 4.47 Å². The van der Waals surface area contributed by atoms with Gasteiger partial charge in [0.1, 0.15) is 0 Å². The summed E-state index contributed by atoms with van der Waals surface area (Å²) in [6, 6.07) is 15.0. The first-order chi connectivity index (χ1) is 7.20. The van der Waals surface area contributed by atoms with E-state index >= 15 is 0 Å². The molecule has 0 bridgehead atoms. The minimum absolute atomic E-state index is 0.799. The van der Waals surface area contributed by atoms with Crippen molar-refractivity contribution in [1.82, 2.24) is 0 Å². The molecule has 0 spiro atoms. The second-order valence-corrected chi connectivity index (χ2v) is 3.63. The molecule has 0 fully saturated rings. The molecule has 2 rings (SSSR count). The van der Waals surface area contributed by atoms with E-state index in [1.165, 1.54) is 12.1 Å². The third kappa shape index (κ3) is 4.70. The van der Waals surface area contributed by atoms with Crippen LogP contribution in [0.4, 0.5) is 8.78 Å². The summed E-state index contributed by atoms with van der Waals surface area (Å²) in [5, 5.41) is 0. The zero-order valence-corrected chi connectivity index (χ0v) is 9.42. The third-order valence-electron chi connectivity index (χ3n) is 1.56.